The average molecular weight is 552 g/mol. The summed E-state index contributed by atoms with van der Waals surface area (Å²) in [6, 6.07) is 18.4. The molecule has 41 heavy (non-hydrogen) atoms. The number of benzene rings is 3. The normalized spacial score (nSPS) is 12.3. The SMILES string of the molecule is CC(C)C.CCCCC.Cc1ccc(-c2nc(-c3ccc(C)cc3C)nc(-c3ccc(C4CC4)cc3O)n2)c(C)c1. The van der Waals surface area contributed by atoms with Gasteiger partial charge in [-0.1, -0.05) is 107 Å². The van der Waals surface area contributed by atoms with Crippen LogP contribution in [0.25, 0.3) is 34.2 Å². The number of aromatic nitrogens is 3. The summed E-state index contributed by atoms with van der Waals surface area (Å²) in [6.45, 7) is 19.2. The quantitative estimate of drug-likeness (QED) is 0.259. The fourth-order valence-electron chi connectivity index (χ4n) is 4.63. The number of aromatic hydroxyl groups is 1. The Morgan fingerprint density at radius 2 is 1.07 bits per heavy atom. The number of phenols is 1. The van der Waals surface area contributed by atoms with Gasteiger partial charge in [-0.15, -0.1) is 0 Å². The Morgan fingerprint density at radius 1 is 0.659 bits per heavy atom. The fraction of sp³-hybridized carbons (Fsp3) is 0.432. The standard InChI is InChI=1S/C28H27N3O.C5H12.C4H10/c1-16-5-10-22(18(3)13-16)26-29-27(23-11-6-17(2)14-19(23)4)31-28(30-26)24-12-9-21(15-25(24)32)20-7-8-20;1-3-5-4-2;1-4(2)3/h5-6,9-15,20,32H,7-8H2,1-4H3;3-5H2,1-2H3;4H,1-3H3. The molecule has 4 nitrogen and oxygen atoms in total. The molecule has 1 aromatic heterocycles. The third kappa shape index (κ3) is 9.24. The predicted octanol–water partition coefficient (Wildman–Crippen LogP) is 10.5. The van der Waals surface area contributed by atoms with Crippen molar-refractivity contribution in [3.63, 3.8) is 0 Å². The summed E-state index contributed by atoms with van der Waals surface area (Å²) in [5, 5.41) is 10.8. The van der Waals surface area contributed by atoms with Crippen LogP contribution in [0.15, 0.2) is 54.6 Å². The van der Waals surface area contributed by atoms with Crippen LogP contribution in [0.1, 0.15) is 100 Å². The first-order valence-corrected chi connectivity index (χ1v) is 15.3. The molecule has 0 amide bonds. The number of unbranched alkanes of at least 4 members (excludes halogenated alkanes) is 2. The van der Waals surface area contributed by atoms with Crippen LogP contribution in [-0.4, -0.2) is 20.1 Å². The molecule has 0 spiro atoms. The lowest BCUT2D eigenvalue weighted by molar-refractivity contribution is 0.476. The van der Waals surface area contributed by atoms with E-state index in [0.717, 1.165) is 28.2 Å². The second-order valence-corrected chi connectivity index (χ2v) is 12.1. The van der Waals surface area contributed by atoms with Crippen molar-refractivity contribution < 1.29 is 5.11 Å². The number of rotatable bonds is 6. The van der Waals surface area contributed by atoms with E-state index in [4.69, 9.17) is 15.0 Å². The van der Waals surface area contributed by atoms with Gasteiger partial charge in [0.05, 0.1) is 5.56 Å². The topological polar surface area (TPSA) is 58.9 Å². The van der Waals surface area contributed by atoms with Crippen LogP contribution in [0.5, 0.6) is 5.75 Å². The van der Waals surface area contributed by atoms with E-state index in [9.17, 15) is 5.11 Å². The van der Waals surface area contributed by atoms with E-state index in [0.29, 0.717) is 29.0 Å². The molecule has 1 aliphatic rings. The second-order valence-electron chi connectivity index (χ2n) is 12.1. The number of nitrogens with zero attached hydrogens (tertiary/aromatic N) is 3. The average Bonchev–Trinajstić information content (AvgIpc) is 3.75. The Morgan fingerprint density at radius 3 is 1.41 bits per heavy atom. The monoisotopic (exact) mass is 551 g/mol. The van der Waals surface area contributed by atoms with Crippen molar-refractivity contribution in [2.45, 2.75) is 100 Å². The van der Waals surface area contributed by atoms with Gasteiger partial charge in [0.15, 0.2) is 17.5 Å². The smallest absolute Gasteiger partial charge is 0.167 e. The summed E-state index contributed by atoms with van der Waals surface area (Å²) in [6.07, 6.45) is 6.46. The van der Waals surface area contributed by atoms with Crippen molar-refractivity contribution in [1.82, 2.24) is 15.0 Å². The summed E-state index contributed by atoms with van der Waals surface area (Å²) in [7, 11) is 0. The molecule has 0 unspecified atom stereocenters. The van der Waals surface area contributed by atoms with Crippen LogP contribution in [-0.2, 0) is 0 Å². The number of aryl methyl sites for hydroxylation is 4. The molecule has 0 atom stereocenters. The van der Waals surface area contributed by atoms with Gasteiger partial charge in [-0.3, -0.25) is 0 Å². The molecule has 1 heterocycles. The van der Waals surface area contributed by atoms with Crippen LogP contribution in [0.3, 0.4) is 0 Å². The zero-order chi connectivity index (χ0) is 30.1. The largest absolute Gasteiger partial charge is 0.507 e. The Bertz CT molecular complexity index is 1360. The van der Waals surface area contributed by atoms with Gasteiger partial charge in [-0.05, 0) is 81.2 Å². The summed E-state index contributed by atoms with van der Waals surface area (Å²) in [4.78, 5) is 14.5. The molecule has 3 aromatic carbocycles. The minimum absolute atomic E-state index is 0.221. The highest BCUT2D eigenvalue weighted by Gasteiger charge is 2.25. The van der Waals surface area contributed by atoms with Crippen LogP contribution in [0, 0.1) is 33.6 Å². The van der Waals surface area contributed by atoms with Crippen molar-refractivity contribution in [2.75, 3.05) is 0 Å². The van der Waals surface area contributed by atoms with Crippen LogP contribution < -0.4 is 0 Å². The van der Waals surface area contributed by atoms with E-state index < -0.39 is 0 Å². The van der Waals surface area contributed by atoms with Gasteiger partial charge in [0.25, 0.3) is 0 Å². The van der Waals surface area contributed by atoms with Gasteiger partial charge in [0, 0.05) is 11.1 Å². The van der Waals surface area contributed by atoms with Gasteiger partial charge in [-0.2, -0.15) is 0 Å². The number of hydrogen-bond donors (Lipinski definition) is 1. The molecule has 1 saturated carbocycles. The summed E-state index contributed by atoms with van der Waals surface area (Å²) in [5.41, 5.74) is 8.38. The van der Waals surface area contributed by atoms with Gasteiger partial charge in [-0.25, -0.2) is 15.0 Å². The van der Waals surface area contributed by atoms with E-state index in [2.05, 4.69) is 105 Å². The first kappa shape index (κ1) is 32.0. The number of phenolic OH excluding ortho intramolecular Hbond substituents is 1. The molecule has 0 saturated heterocycles. The fourth-order valence-corrected chi connectivity index (χ4v) is 4.63. The van der Waals surface area contributed by atoms with Crippen LogP contribution in [0.4, 0.5) is 0 Å². The van der Waals surface area contributed by atoms with Gasteiger partial charge < -0.3 is 5.11 Å². The molecular formula is C37H49N3O. The highest BCUT2D eigenvalue weighted by molar-refractivity contribution is 5.72. The van der Waals surface area contributed by atoms with Crippen molar-refractivity contribution in [3.8, 4) is 39.9 Å². The Labute approximate surface area is 248 Å². The van der Waals surface area contributed by atoms with Crippen LogP contribution in [0.2, 0.25) is 0 Å². The first-order chi connectivity index (χ1) is 19.5. The minimum atomic E-state index is 0.221. The Balaban J connectivity index is 0.000000451. The molecule has 4 aromatic rings. The Hall–Kier alpha value is -3.53. The lowest BCUT2D eigenvalue weighted by Gasteiger charge is -2.13. The second kappa shape index (κ2) is 14.9. The summed E-state index contributed by atoms with van der Waals surface area (Å²) in [5.74, 6) is 3.36. The zero-order valence-electron chi connectivity index (χ0n) is 26.7. The lowest BCUT2D eigenvalue weighted by atomic mass is 10.0. The third-order valence-corrected chi connectivity index (χ3v) is 6.90. The maximum atomic E-state index is 10.8. The van der Waals surface area contributed by atoms with Gasteiger partial charge >= 0.3 is 0 Å². The first-order valence-electron chi connectivity index (χ1n) is 15.3. The Kier molecular flexibility index (Phi) is 11.6. The molecule has 5 rings (SSSR count). The van der Waals surface area contributed by atoms with E-state index >= 15 is 0 Å². The van der Waals surface area contributed by atoms with Gasteiger partial charge in [0.2, 0.25) is 0 Å². The van der Waals surface area contributed by atoms with E-state index in [-0.39, 0.29) is 5.75 Å². The minimum Gasteiger partial charge on any atom is -0.507 e. The highest BCUT2D eigenvalue weighted by atomic mass is 16.3. The molecule has 218 valence electrons. The molecule has 0 radical (unpaired) electrons. The summed E-state index contributed by atoms with van der Waals surface area (Å²) >= 11 is 0. The molecule has 0 bridgehead atoms. The molecule has 1 N–H and O–H groups in total. The molecule has 1 aliphatic carbocycles. The summed E-state index contributed by atoms with van der Waals surface area (Å²) < 4.78 is 0. The van der Waals surface area contributed by atoms with Crippen molar-refractivity contribution in [3.05, 3.63) is 82.4 Å². The third-order valence-electron chi connectivity index (χ3n) is 6.90. The van der Waals surface area contributed by atoms with E-state index in [1.54, 1.807) is 0 Å². The highest BCUT2D eigenvalue weighted by Crippen LogP contribution is 2.42. The van der Waals surface area contributed by atoms with Crippen molar-refractivity contribution >= 4 is 0 Å². The molecule has 4 heteroatoms. The number of hydrogen-bond acceptors (Lipinski definition) is 4. The molecular weight excluding hydrogens is 502 g/mol. The lowest BCUT2D eigenvalue weighted by Crippen LogP contribution is -2.02. The predicted molar refractivity (Wildman–Crippen MR) is 174 cm³/mol. The maximum Gasteiger partial charge on any atom is 0.167 e. The zero-order valence-corrected chi connectivity index (χ0v) is 26.7. The van der Waals surface area contributed by atoms with Gasteiger partial charge in [0.1, 0.15) is 5.75 Å². The van der Waals surface area contributed by atoms with E-state index in [1.807, 2.05) is 12.1 Å². The van der Waals surface area contributed by atoms with Crippen molar-refractivity contribution in [1.29, 1.82) is 0 Å². The van der Waals surface area contributed by atoms with E-state index in [1.165, 1.54) is 48.8 Å². The molecule has 1 fully saturated rings. The van der Waals surface area contributed by atoms with Crippen molar-refractivity contribution in [2.24, 2.45) is 5.92 Å². The van der Waals surface area contributed by atoms with Crippen LogP contribution >= 0.6 is 0 Å². The maximum absolute atomic E-state index is 10.8. The molecule has 0 aliphatic heterocycles.